The van der Waals surface area contributed by atoms with E-state index in [9.17, 15) is 21.4 Å². The van der Waals surface area contributed by atoms with Crippen molar-refractivity contribution in [2.75, 3.05) is 0 Å². The third-order valence-corrected chi connectivity index (χ3v) is 4.83. The van der Waals surface area contributed by atoms with Gasteiger partial charge in [0.2, 0.25) is 0 Å². The van der Waals surface area contributed by atoms with Crippen LogP contribution in [0, 0.1) is 0 Å². The molecule has 0 aliphatic heterocycles. The minimum atomic E-state index is -5.31. The minimum absolute atomic E-state index is 0. The summed E-state index contributed by atoms with van der Waals surface area (Å²) >= 11 is 0. The first-order valence-electron chi connectivity index (χ1n) is 4.01. The van der Waals surface area contributed by atoms with Gasteiger partial charge in [-0.15, -0.1) is 0 Å². The molecule has 17 heteroatoms. The number of hydrogen-bond donors (Lipinski definition) is 3. The van der Waals surface area contributed by atoms with E-state index in [1.807, 2.05) is 0 Å². The van der Waals surface area contributed by atoms with Gasteiger partial charge in [0.1, 0.15) is 0 Å². The van der Waals surface area contributed by atoms with Crippen LogP contribution in [-0.2, 0) is 28.8 Å². The standard InChI is InChI=1S/C6H7O9PS2.4Na.H2O.4H/c7-16(8,9)15-18(13,14)6-3-1-2-5(4-6)17(10,11)12;;;;;;;;;/h1-4H,(H2,7,8,9)(H,10,11,12);;;;;1H2;;;;/q;4*+1;;4*-1. The average molecular weight is 432 g/mol. The van der Waals surface area contributed by atoms with E-state index >= 15 is 0 Å². The molecule has 10 nitrogen and oxygen atoms in total. The van der Waals surface area contributed by atoms with Crippen LogP contribution in [0.3, 0.4) is 0 Å². The predicted octanol–water partition coefficient (Wildman–Crippen LogP) is -12.6. The number of benzene rings is 1. The summed E-state index contributed by atoms with van der Waals surface area (Å²) in [5.41, 5.74) is 0. The Morgan fingerprint density at radius 2 is 1.35 bits per heavy atom. The van der Waals surface area contributed by atoms with Crippen LogP contribution in [0.5, 0.6) is 0 Å². The van der Waals surface area contributed by atoms with Gasteiger partial charge in [-0.25, -0.2) is 4.57 Å². The van der Waals surface area contributed by atoms with Crippen LogP contribution in [0.15, 0.2) is 34.1 Å². The molecule has 0 saturated heterocycles. The molecule has 0 bridgehead atoms. The average Bonchev–Trinajstić information content (AvgIpc) is 2.13. The van der Waals surface area contributed by atoms with Gasteiger partial charge in [-0.1, -0.05) is 6.07 Å². The molecule has 5 N–H and O–H groups in total. The molecule has 118 valence electrons. The van der Waals surface area contributed by atoms with Crippen LogP contribution in [-0.4, -0.2) is 36.7 Å². The van der Waals surface area contributed by atoms with Crippen molar-refractivity contribution in [3.8, 4) is 0 Å². The summed E-state index contributed by atoms with van der Waals surface area (Å²) in [5.74, 6) is 0. The van der Waals surface area contributed by atoms with E-state index in [1.54, 1.807) is 0 Å². The van der Waals surface area contributed by atoms with Crippen LogP contribution < -0.4 is 118 Å². The van der Waals surface area contributed by atoms with E-state index in [2.05, 4.69) is 3.97 Å². The number of rotatable bonds is 4. The largest absolute Gasteiger partial charge is 1.00 e. The summed E-state index contributed by atoms with van der Waals surface area (Å²) in [7, 11) is -14.8. The molecule has 23 heavy (non-hydrogen) atoms. The molecule has 0 fully saturated rings. The van der Waals surface area contributed by atoms with Crippen LogP contribution in [0.25, 0.3) is 0 Å². The Balaban J connectivity index is -0.0000000514. The van der Waals surface area contributed by atoms with E-state index in [-0.39, 0.29) is 129 Å². The summed E-state index contributed by atoms with van der Waals surface area (Å²) in [6.07, 6.45) is 0. The van der Waals surface area contributed by atoms with Gasteiger partial charge in [-0.2, -0.15) is 20.8 Å². The Morgan fingerprint density at radius 3 is 1.70 bits per heavy atom. The Bertz CT molecular complexity index is 731. The maximum atomic E-state index is 11.3. The van der Waals surface area contributed by atoms with Gasteiger partial charge in [-0.05, 0) is 18.2 Å². The molecule has 0 atom stereocenters. The Labute approximate surface area is 227 Å². The summed E-state index contributed by atoms with van der Waals surface area (Å²) in [4.78, 5) is 15.2. The van der Waals surface area contributed by atoms with E-state index in [0.717, 1.165) is 18.2 Å². The first-order valence-corrected chi connectivity index (χ1v) is 8.39. The van der Waals surface area contributed by atoms with Gasteiger partial charge in [0.25, 0.3) is 10.1 Å². The summed E-state index contributed by atoms with van der Waals surface area (Å²) in [6.45, 7) is 0. The molecule has 0 spiro atoms. The van der Waals surface area contributed by atoms with Crippen LogP contribution in [0.2, 0.25) is 0 Å². The van der Waals surface area contributed by atoms with Gasteiger partial charge in [0, 0.05) is 0 Å². The maximum Gasteiger partial charge on any atom is 1.00 e. The number of phosphoric acid groups is 1. The molecule has 1 aromatic carbocycles. The van der Waals surface area contributed by atoms with E-state index < -0.39 is 37.8 Å². The molecular weight excluding hydrogens is 419 g/mol. The zero-order chi connectivity index (χ0) is 14.2. The monoisotopic (exact) mass is 432 g/mol. The molecule has 0 heterocycles. The van der Waals surface area contributed by atoms with Crippen molar-refractivity contribution >= 4 is 28.1 Å². The molecule has 0 amide bonds. The molecule has 0 saturated carbocycles. The quantitative estimate of drug-likeness (QED) is 0.236. The Hall–Kier alpha value is 3.15. The minimum Gasteiger partial charge on any atom is -1.00 e. The van der Waals surface area contributed by atoms with Crippen molar-refractivity contribution in [1.82, 2.24) is 0 Å². The van der Waals surface area contributed by atoms with Crippen molar-refractivity contribution in [3.63, 3.8) is 0 Å². The van der Waals surface area contributed by atoms with Gasteiger partial charge >= 0.3 is 136 Å². The third-order valence-electron chi connectivity index (χ3n) is 1.59. The Morgan fingerprint density at radius 1 is 0.957 bits per heavy atom. The van der Waals surface area contributed by atoms with Crippen LogP contribution in [0.4, 0.5) is 0 Å². The van der Waals surface area contributed by atoms with Crippen molar-refractivity contribution in [3.05, 3.63) is 24.3 Å². The first kappa shape index (κ1) is 37.0. The summed E-state index contributed by atoms with van der Waals surface area (Å²) < 4.78 is 66.9. The third kappa shape index (κ3) is 13.9. The predicted molar refractivity (Wildman–Crippen MR) is 64.6 cm³/mol. The fourth-order valence-electron chi connectivity index (χ4n) is 0.961. The zero-order valence-electron chi connectivity index (χ0n) is 16.9. The van der Waals surface area contributed by atoms with Crippen LogP contribution in [0.1, 0.15) is 5.71 Å². The van der Waals surface area contributed by atoms with Gasteiger partial charge in [0.05, 0.1) is 9.79 Å². The first-order chi connectivity index (χ1) is 7.92. The molecular formula is C6H13Na4O10PS2. The molecule has 0 aromatic heterocycles. The van der Waals surface area contributed by atoms with Gasteiger partial charge < -0.3 is 21.0 Å². The van der Waals surface area contributed by atoms with E-state index in [0.29, 0.717) is 6.07 Å². The molecule has 0 aliphatic carbocycles. The topological polar surface area (TPSA) is 187 Å². The molecule has 0 unspecified atom stereocenters. The fraction of sp³-hybridized carbons (Fsp3) is 0. The second kappa shape index (κ2) is 14.2. The maximum absolute atomic E-state index is 11.3. The smallest absolute Gasteiger partial charge is 1.00 e. The van der Waals surface area contributed by atoms with Crippen LogP contribution >= 0.6 is 7.82 Å². The number of hydrogen-bond acceptors (Lipinski definition) is 6. The van der Waals surface area contributed by atoms with E-state index in [4.69, 9.17) is 14.3 Å². The van der Waals surface area contributed by atoms with Crippen molar-refractivity contribution in [1.29, 1.82) is 0 Å². The normalized spacial score (nSPS) is 10.6. The zero-order valence-corrected chi connectivity index (χ0v) is 23.4. The van der Waals surface area contributed by atoms with Crippen molar-refractivity contribution in [2.45, 2.75) is 9.79 Å². The fourth-order valence-corrected chi connectivity index (χ4v) is 3.45. The van der Waals surface area contributed by atoms with Gasteiger partial charge in [0.15, 0.2) is 0 Å². The summed E-state index contributed by atoms with van der Waals surface area (Å²) in [5, 5.41) is 0. The molecule has 0 radical (unpaired) electrons. The second-order valence-electron chi connectivity index (χ2n) is 2.97. The van der Waals surface area contributed by atoms with E-state index in [1.165, 1.54) is 0 Å². The molecule has 1 rings (SSSR count). The molecule has 0 aliphatic rings. The Kier molecular flexibility index (Phi) is 22.8. The SMILES string of the molecule is O.O=P(O)(O)OS(=O)(=O)c1cccc(S(=O)(=O)O)c1.[H-].[H-].[H-].[H-].[Na+].[Na+].[Na+].[Na+]. The van der Waals surface area contributed by atoms with Crippen molar-refractivity contribution in [2.24, 2.45) is 0 Å². The second-order valence-corrected chi connectivity index (χ2v) is 7.35. The summed E-state index contributed by atoms with van der Waals surface area (Å²) in [6, 6.07) is 3.20. The van der Waals surface area contributed by atoms with Gasteiger partial charge in [-0.3, -0.25) is 4.55 Å². The molecule has 1 aromatic rings. The van der Waals surface area contributed by atoms with Crippen molar-refractivity contribution < 1.29 is 169 Å².